The van der Waals surface area contributed by atoms with E-state index >= 15 is 0 Å². The number of rotatable bonds is 0. The van der Waals surface area contributed by atoms with Crippen molar-refractivity contribution in [2.24, 2.45) is 27.9 Å². The number of guanidine groups is 2. The van der Waals surface area contributed by atoms with Gasteiger partial charge in [0.25, 0.3) is 0 Å². The largest absolute Gasteiger partial charge is 0.442 e. The van der Waals surface area contributed by atoms with E-state index in [0.717, 1.165) is 0 Å². The van der Waals surface area contributed by atoms with Gasteiger partial charge < -0.3 is 27.7 Å². The molecule has 0 radical (unpaired) electrons. The van der Waals surface area contributed by atoms with E-state index < -0.39 is 11.7 Å². The summed E-state index contributed by atoms with van der Waals surface area (Å²) in [5.41, 5.74) is 18.3. The van der Waals surface area contributed by atoms with Gasteiger partial charge in [0.1, 0.15) is 5.60 Å². The standard InChI is InChI=1S/C6H13N3O2.CH5N3.ClH/c1-6(2,3)11-5(10)9-4(7)8;2-1(3)4;/h1-3H3,(H4,7,8,9,10);(H5,2,3,4);1H. The number of nitrogens with two attached hydrogens (primary N) is 4. The highest BCUT2D eigenvalue weighted by atomic mass is 35.5. The van der Waals surface area contributed by atoms with Crippen molar-refractivity contribution >= 4 is 30.4 Å². The molecule has 9 N–H and O–H groups in total. The highest BCUT2D eigenvalue weighted by Crippen LogP contribution is 2.07. The molecule has 0 bridgehead atoms. The maximum atomic E-state index is 10.7. The molecule has 0 atom stereocenters. The summed E-state index contributed by atoms with van der Waals surface area (Å²) in [6.07, 6.45) is -0.766. The van der Waals surface area contributed by atoms with Crippen LogP contribution in [-0.2, 0) is 4.74 Å². The highest BCUT2D eigenvalue weighted by molar-refractivity contribution is 5.88. The summed E-state index contributed by atoms with van der Waals surface area (Å²) in [7, 11) is 0. The van der Waals surface area contributed by atoms with E-state index in [1.807, 2.05) is 0 Å². The van der Waals surface area contributed by atoms with Gasteiger partial charge in [0.15, 0.2) is 11.9 Å². The normalized spacial score (nSPS) is 8.69. The molecule has 0 unspecified atom stereocenters. The number of aliphatic imine (C=N–C) groups is 1. The first-order valence-corrected chi connectivity index (χ1v) is 3.96. The molecule has 0 spiro atoms. The quantitative estimate of drug-likeness (QED) is 0.287. The zero-order valence-electron chi connectivity index (χ0n) is 9.48. The van der Waals surface area contributed by atoms with E-state index in [1.54, 1.807) is 20.8 Å². The van der Waals surface area contributed by atoms with Crippen molar-refractivity contribution in [1.82, 2.24) is 0 Å². The molecular weight excluding hydrogens is 236 g/mol. The molecule has 8 nitrogen and oxygen atoms in total. The topological polar surface area (TPSA) is 167 Å². The van der Waals surface area contributed by atoms with E-state index in [9.17, 15) is 4.79 Å². The van der Waals surface area contributed by atoms with Crippen LogP contribution in [0.15, 0.2) is 4.99 Å². The number of carbonyl (C=O) groups excluding carboxylic acids is 1. The number of halogens is 1. The van der Waals surface area contributed by atoms with Gasteiger partial charge in [-0.15, -0.1) is 17.4 Å². The van der Waals surface area contributed by atoms with Gasteiger partial charge in [-0.1, -0.05) is 0 Å². The molecule has 0 aliphatic carbocycles. The Bertz CT molecular complexity index is 252. The number of hydrogen-bond donors (Lipinski definition) is 5. The third kappa shape index (κ3) is 29.5. The van der Waals surface area contributed by atoms with Crippen LogP contribution in [0.3, 0.4) is 0 Å². The lowest BCUT2D eigenvalue weighted by Crippen LogP contribution is -2.27. The molecule has 0 heterocycles. The molecule has 0 saturated carbocycles. The van der Waals surface area contributed by atoms with Crippen LogP contribution in [0.1, 0.15) is 20.8 Å². The van der Waals surface area contributed by atoms with E-state index in [2.05, 4.69) is 16.5 Å². The molecular formula is C7H19ClN6O2. The molecule has 0 aromatic carbocycles. The summed E-state index contributed by atoms with van der Waals surface area (Å²) in [6, 6.07) is 0. The summed E-state index contributed by atoms with van der Waals surface area (Å²) in [6.45, 7) is 5.19. The predicted molar refractivity (Wildman–Crippen MR) is 65.4 cm³/mol. The van der Waals surface area contributed by atoms with Crippen molar-refractivity contribution in [2.75, 3.05) is 0 Å². The fourth-order valence-electron chi connectivity index (χ4n) is 0.390. The Labute approximate surface area is 100 Å². The molecule has 96 valence electrons. The second-order valence-corrected chi connectivity index (χ2v) is 3.47. The number of nitrogens with zero attached hydrogens (tertiary/aromatic N) is 1. The third-order valence-corrected chi connectivity index (χ3v) is 0.614. The van der Waals surface area contributed by atoms with Crippen LogP contribution < -0.4 is 22.9 Å². The maximum absolute atomic E-state index is 10.7. The van der Waals surface area contributed by atoms with Gasteiger partial charge in [-0.05, 0) is 20.8 Å². The second-order valence-electron chi connectivity index (χ2n) is 3.47. The fraction of sp³-hybridized carbons (Fsp3) is 0.571. The number of nitrogens with one attached hydrogen (secondary N) is 1. The monoisotopic (exact) mass is 254 g/mol. The summed E-state index contributed by atoms with van der Waals surface area (Å²) in [5, 5.41) is 6.06. The van der Waals surface area contributed by atoms with Gasteiger partial charge in [-0.2, -0.15) is 0 Å². The van der Waals surface area contributed by atoms with Crippen LogP contribution >= 0.6 is 12.4 Å². The zero-order valence-corrected chi connectivity index (χ0v) is 10.3. The Morgan fingerprint density at radius 3 is 1.69 bits per heavy atom. The predicted octanol–water partition coefficient (Wildman–Crippen LogP) is -0.545. The summed E-state index contributed by atoms with van der Waals surface area (Å²) < 4.78 is 4.76. The summed E-state index contributed by atoms with van der Waals surface area (Å²) in [4.78, 5) is 13.9. The Morgan fingerprint density at radius 2 is 1.50 bits per heavy atom. The molecule has 0 aliphatic heterocycles. The van der Waals surface area contributed by atoms with Crippen LogP contribution in [0.5, 0.6) is 0 Å². The molecule has 9 heteroatoms. The minimum absolute atomic E-state index is 0. The van der Waals surface area contributed by atoms with Gasteiger partial charge in [0, 0.05) is 0 Å². The molecule has 0 rings (SSSR count). The van der Waals surface area contributed by atoms with Crippen molar-refractivity contribution in [1.29, 1.82) is 5.41 Å². The first kappa shape index (κ1) is 19.8. The first-order valence-electron chi connectivity index (χ1n) is 3.96. The van der Waals surface area contributed by atoms with E-state index in [-0.39, 0.29) is 24.3 Å². The third-order valence-electron chi connectivity index (χ3n) is 0.614. The Morgan fingerprint density at radius 1 is 1.19 bits per heavy atom. The van der Waals surface area contributed by atoms with Gasteiger partial charge in [-0.3, -0.25) is 5.41 Å². The van der Waals surface area contributed by atoms with E-state index in [1.165, 1.54) is 0 Å². The van der Waals surface area contributed by atoms with Crippen LogP contribution in [0.25, 0.3) is 0 Å². The minimum atomic E-state index is -0.766. The van der Waals surface area contributed by atoms with Crippen molar-refractivity contribution < 1.29 is 9.53 Å². The van der Waals surface area contributed by atoms with E-state index in [4.69, 9.17) is 21.6 Å². The lowest BCUT2D eigenvalue weighted by atomic mass is 10.2. The molecule has 0 aromatic heterocycles. The van der Waals surface area contributed by atoms with Gasteiger partial charge >= 0.3 is 6.09 Å². The second kappa shape index (κ2) is 8.60. The van der Waals surface area contributed by atoms with Crippen LogP contribution in [-0.4, -0.2) is 23.6 Å². The number of carbonyl (C=O) groups is 1. The van der Waals surface area contributed by atoms with Crippen molar-refractivity contribution in [3.63, 3.8) is 0 Å². The van der Waals surface area contributed by atoms with Crippen LogP contribution in [0, 0.1) is 5.41 Å². The number of hydrogen-bond acceptors (Lipinski definition) is 3. The lowest BCUT2D eigenvalue weighted by Gasteiger charge is -2.17. The summed E-state index contributed by atoms with van der Waals surface area (Å²) >= 11 is 0. The molecule has 16 heavy (non-hydrogen) atoms. The average molecular weight is 255 g/mol. The molecule has 0 fully saturated rings. The lowest BCUT2D eigenvalue weighted by molar-refractivity contribution is 0.0604. The van der Waals surface area contributed by atoms with Crippen molar-refractivity contribution in [3.8, 4) is 0 Å². The Balaban J connectivity index is -0.000000292. The highest BCUT2D eigenvalue weighted by Gasteiger charge is 2.15. The van der Waals surface area contributed by atoms with Crippen LogP contribution in [0.2, 0.25) is 0 Å². The van der Waals surface area contributed by atoms with E-state index in [0.29, 0.717) is 0 Å². The minimum Gasteiger partial charge on any atom is -0.442 e. The fourth-order valence-corrected chi connectivity index (χ4v) is 0.390. The van der Waals surface area contributed by atoms with Crippen LogP contribution in [0.4, 0.5) is 4.79 Å². The van der Waals surface area contributed by atoms with Crippen molar-refractivity contribution in [2.45, 2.75) is 26.4 Å². The van der Waals surface area contributed by atoms with Gasteiger partial charge in [0.05, 0.1) is 0 Å². The van der Waals surface area contributed by atoms with Crippen molar-refractivity contribution in [3.05, 3.63) is 0 Å². The zero-order chi connectivity index (χ0) is 12.6. The smallest absolute Gasteiger partial charge is 0.437 e. The maximum Gasteiger partial charge on any atom is 0.437 e. The SMILES string of the molecule is CC(C)(C)OC(=O)N=C(N)N.Cl.N=C(N)N. The Hall–Kier alpha value is -1.70. The molecule has 1 amide bonds. The number of amides is 1. The summed E-state index contributed by atoms with van der Waals surface area (Å²) in [5.74, 6) is -0.626. The van der Waals surface area contributed by atoms with Gasteiger partial charge in [-0.25, -0.2) is 4.79 Å². The number of ether oxygens (including phenoxy) is 1. The van der Waals surface area contributed by atoms with Gasteiger partial charge in [0.2, 0.25) is 0 Å². The first-order chi connectivity index (χ1) is 6.54. The average Bonchev–Trinajstić information content (AvgIpc) is 1.76. The molecule has 0 aromatic rings. The molecule has 0 saturated heterocycles. The molecule has 0 aliphatic rings. The Kier molecular flexibility index (Phi) is 10.6.